The van der Waals surface area contributed by atoms with E-state index in [-0.39, 0.29) is 11.5 Å². The van der Waals surface area contributed by atoms with E-state index in [1.165, 1.54) is 5.56 Å². The lowest BCUT2D eigenvalue weighted by Gasteiger charge is -2.27. The van der Waals surface area contributed by atoms with Crippen molar-refractivity contribution < 1.29 is 9.47 Å². The second kappa shape index (κ2) is 9.04. The average Bonchev–Trinajstić information content (AvgIpc) is 2.46. The lowest BCUT2D eigenvalue weighted by atomic mass is 9.84. The van der Waals surface area contributed by atoms with Gasteiger partial charge in [-0.1, -0.05) is 40.2 Å². The number of ether oxygens (including phenoxy) is 2. The third-order valence-corrected chi connectivity index (χ3v) is 3.92. The molecule has 2 N–H and O–H groups in total. The van der Waals surface area contributed by atoms with E-state index < -0.39 is 0 Å². The average molecular weight is 307 g/mol. The smallest absolute Gasteiger partial charge is 0.161 e. The normalized spacial score (nSPS) is 13.0. The lowest BCUT2D eigenvalue weighted by molar-refractivity contribution is 0.272. The summed E-state index contributed by atoms with van der Waals surface area (Å²) >= 11 is 0. The van der Waals surface area contributed by atoms with E-state index in [0.717, 1.165) is 43.8 Å². The van der Waals surface area contributed by atoms with Gasteiger partial charge in [0.15, 0.2) is 11.5 Å². The third-order valence-electron chi connectivity index (χ3n) is 3.92. The summed E-state index contributed by atoms with van der Waals surface area (Å²) in [5.74, 6) is 1.69. The van der Waals surface area contributed by atoms with Crippen LogP contribution in [-0.2, 0) is 6.42 Å². The van der Waals surface area contributed by atoms with Gasteiger partial charge in [-0.25, -0.2) is 0 Å². The maximum Gasteiger partial charge on any atom is 0.161 e. The Hall–Kier alpha value is -1.22. The van der Waals surface area contributed by atoms with Gasteiger partial charge in [-0.15, -0.1) is 0 Å². The highest BCUT2D eigenvalue weighted by Gasteiger charge is 2.20. The van der Waals surface area contributed by atoms with Gasteiger partial charge in [0, 0.05) is 6.04 Å². The highest BCUT2D eigenvalue weighted by molar-refractivity contribution is 5.43. The molecule has 0 aromatic heterocycles. The Morgan fingerprint density at radius 1 is 1.09 bits per heavy atom. The van der Waals surface area contributed by atoms with E-state index in [1.807, 2.05) is 13.0 Å². The van der Waals surface area contributed by atoms with E-state index >= 15 is 0 Å². The maximum atomic E-state index is 6.25. The van der Waals surface area contributed by atoms with Crippen molar-refractivity contribution in [2.45, 2.75) is 66.3 Å². The van der Waals surface area contributed by atoms with Crippen LogP contribution in [0, 0.1) is 5.41 Å². The standard InChI is InChI=1S/C19H33NO2/c1-6-8-13-22-16-11-9-15(14-17(16)21-7-2)10-12-18(20)19(3,4)5/h9,11,14,18H,6-8,10,12-13,20H2,1-5H3. The molecule has 1 rings (SSSR count). The first-order valence-electron chi connectivity index (χ1n) is 8.52. The SMILES string of the molecule is CCCCOc1ccc(CCC(N)C(C)(C)C)cc1OCC. The van der Waals surface area contributed by atoms with Gasteiger partial charge < -0.3 is 15.2 Å². The summed E-state index contributed by atoms with van der Waals surface area (Å²) in [7, 11) is 0. The zero-order chi connectivity index (χ0) is 16.6. The Morgan fingerprint density at radius 3 is 2.41 bits per heavy atom. The van der Waals surface area contributed by atoms with Crippen molar-refractivity contribution in [1.29, 1.82) is 0 Å². The van der Waals surface area contributed by atoms with E-state index in [2.05, 4.69) is 39.8 Å². The van der Waals surface area contributed by atoms with Gasteiger partial charge in [-0.3, -0.25) is 0 Å². The number of unbranched alkanes of at least 4 members (excludes halogenated alkanes) is 1. The predicted molar refractivity (Wildman–Crippen MR) is 93.8 cm³/mol. The van der Waals surface area contributed by atoms with Gasteiger partial charge in [-0.2, -0.15) is 0 Å². The summed E-state index contributed by atoms with van der Waals surface area (Å²) in [6.07, 6.45) is 4.14. The van der Waals surface area contributed by atoms with Gasteiger partial charge in [0.25, 0.3) is 0 Å². The molecule has 3 nitrogen and oxygen atoms in total. The second-order valence-electron chi connectivity index (χ2n) is 6.93. The largest absolute Gasteiger partial charge is 0.490 e. The number of benzene rings is 1. The van der Waals surface area contributed by atoms with Crippen molar-refractivity contribution in [3.63, 3.8) is 0 Å². The van der Waals surface area contributed by atoms with Crippen LogP contribution in [0.1, 0.15) is 59.4 Å². The first-order chi connectivity index (χ1) is 10.4. The molecule has 0 amide bonds. The van der Waals surface area contributed by atoms with E-state index in [1.54, 1.807) is 0 Å². The monoisotopic (exact) mass is 307 g/mol. The fourth-order valence-electron chi connectivity index (χ4n) is 2.18. The number of hydrogen-bond acceptors (Lipinski definition) is 3. The van der Waals surface area contributed by atoms with Crippen LogP contribution in [0.2, 0.25) is 0 Å². The van der Waals surface area contributed by atoms with Gasteiger partial charge in [-0.05, 0) is 49.3 Å². The van der Waals surface area contributed by atoms with Crippen molar-refractivity contribution in [2.24, 2.45) is 11.1 Å². The predicted octanol–water partition coefficient (Wildman–Crippen LogP) is 4.57. The van der Waals surface area contributed by atoms with Crippen LogP contribution in [0.5, 0.6) is 11.5 Å². The molecule has 22 heavy (non-hydrogen) atoms. The molecule has 0 aliphatic rings. The Morgan fingerprint density at radius 2 is 1.82 bits per heavy atom. The number of aryl methyl sites for hydroxylation is 1. The molecule has 0 saturated carbocycles. The molecular weight excluding hydrogens is 274 g/mol. The molecule has 126 valence electrons. The molecule has 0 radical (unpaired) electrons. The molecule has 3 heteroatoms. The fourth-order valence-corrected chi connectivity index (χ4v) is 2.18. The van der Waals surface area contributed by atoms with Crippen LogP contribution in [0.4, 0.5) is 0 Å². The molecule has 1 atom stereocenters. The highest BCUT2D eigenvalue weighted by Crippen LogP contribution is 2.30. The molecule has 0 spiro atoms. The molecule has 1 aromatic carbocycles. The summed E-state index contributed by atoms with van der Waals surface area (Å²) in [5, 5.41) is 0. The van der Waals surface area contributed by atoms with Gasteiger partial charge in [0.2, 0.25) is 0 Å². The Kier molecular flexibility index (Phi) is 7.74. The van der Waals surface area contributed by atoms with Crippen LogP contribution in [0.15, 0.2) is 18.2 Å². The molecule has 0 saturated heterocycles. The maximum absolute atomic E-state index is 6.25. The van der Waals surface area contributed by atoms with Crippen LogP contribution in [0.3, 0.4) is 0 Å². The third kappa shape index (κ3) is 6.27. The molecule has 1 aromatic rings. The number of hydrogen-bond donors (Lipinski definition) is 1. The molecule has 0 bridgehead atoms. The molecular formula is C19H33NO2. The number of rotatable bonds is 9. The van der Waals surface area contributed by atoms with Crippen LogP contribution < -0.4 is 15.2 Å². The van der Waals surface area contributed by atoms with Crippen molar-refractivity contribution >= 4 is 0 Å². The summed E-state index contributed by atoms with van der Waals surface area (Å²) < 4.78 is 11.5. The summed E-state index contributed by atoms with van der Waals surface area (Å²) in [4.78, 5) is 0. The highest BCUT2D eigenvalue weighted by atomic mass is 16.5. The zero-order valence-corrected chi connectivity index (χ0v) is 14.9. The topological polar surface area (TPSA) is 44.5 Å². The van der Waals surface area contributed by atoms with Gasteiger partial charge in [0.05, 0.1) is 13.2 Å². The van der Waals surface area contributed by atoms with Crippen molar-refractivity contribution in [1.82, 2.24) is 0 Å². The molecule has 1 unspecified atom stereocenters. The lowest BCUT2D eigenvalue weighted by Crippen LogP contribution is -2.35. The van der Waals surface area contributed by atoms with Crippen molar-refractivity contribution in [3.8, 4) is 11.5 Å². The Bertz CT molecular complexity index is 438. The summed E-state index contributed by atoms with van der Waals surface area (Å²) in [6, 6.07) is 6.45. The molecule has 0 aliphatic heterocycles. The van der Waals surface area contributed by atoms with Crippen LogP contribution in [0.25, 0.3) is 0 Å². The number of nitrogens with two attached hydrogens (primary N) is 1. The molecule has 0 aliphatic carbocycles. The Labute approximate surface area is 136 Å². The minimum atomic E-state index is 0.145. The quantitative estimate of drug-likeness (QED) is 0.680. The Balaban J connectivity index is 2.70. The fraction of sp³-hybridized carbons (Fsp3) is 0.684. The first kappa shape index (κ1) is 18.8. The van der Waals surface area contributed by atoms with Gasteiger partial charge in [0.1, 0.15) is 0 Å². The zero-order valence-electron chi connectivity index (χ0n) is 14.9. The summed E-state index contributed by atoms with van der Waals surface area (Å²) in [6.45, 7) is 12.1. The van der Waals surface area contributed by atoms with Crippen LogP contribution in [-0.4, -0.2) is 19.3 Å². The van der Waals surface area contributed by atoms with E-state index in [4.69, 9.17) is 15.2 Å². The van der Waals surface area contributed by atoms with Crippen molar-refractivity contribution in [2.75, 3.05) is 13.2 Å². The van der Waals surface area contributed by atoms with Crippen molar-refractivity contribution in [3.05, 3.63) is 23.8 Å². The summed E-state index contributed by atoms with van der Waals surface area (Å²) in [5.41, 5.74) is 7.65. The minimum Gasteiger partial charge on any atom is -0.490 e. The first-order valence-corrected chi connectivity index (χ1v) is 8.52. The minimum absolute atomic E-state index is 0.145. The second-order valence-corrected chi connectivity index (χ2v) is 6.93. The molecule has 0 fully saturated rings. The van der Waals surface area contributed by atoms with E-state index in [0.29, 0.717) is 6.61 Å². The van der Waals surface area contributed by atoms with Gasteiger partial charge >= 0.3 is 0 Å². The van der Waals surface area contributed by atoms with E-state index in [9.17, 15) is 0 Å². The van der Waals surface area contributed by atoms with Crippen LogP contribution >= 0.6 is 0 Å². The molecule has 0 heterocycles.